The van der Waals surface area contributed by atoms with Crippen molar-refractivity contribution >= 4 is 49.1 Å². The maximum Gasteiger partial charge on any atom is 0.245 e. The van der Waals surface area contributed by atoms with Crippen molar-refractivity contribution in [2.75, 3.05) is 55.6 Å². The highest BCUT2D eigenvalue weighted by molar-refractivity contribution is 9.10. The van der Waals surface area contributed by atoms with Gasteiger partial charge in [-0.15, -0.1) is 0 Å². The number of hydrogen-bond acceptors (Lipinski definition) is 5. The second-order valence-electron chi connectivity index (χ2n) is 9.91. The first-order valence-electron chi connectivity index (χ1n) is 13.0. The molecule has 2 aromatic rings. The van der Waals surface area contributed by atoms with Gasteiger partial charge in [0.1, 0.15) is 4.90 Å². The lowest BCUT2D eigenvalue weighted by atomic mass is 9.97. The van der Waals surface area contributed by atoms with Crippen molar-refractivity contribution in [3.63, 3.8) is 0 Å². The third kappa shape index (κ3) is 5.15. The van der Waals surface area contributed by atoms with E-state index in [0.29, 0.717) is 62.0 Å². The molecule has 3 heterocycles. The van der Waals surface area contributed by atoms with E-state index in [9.17, 15) is 18.0 Å². The molecule has 0 spiro atoms. The van der Waals surface area contributed by atoms with Crippen LogP contribution in [0.15, 0.2) is 51.8 Å². The Balaban J connectivity index is 1.32. The molecule has 0 radical (unpaired) electrons. The number of amides is 2. The maximum atomic E-state index is 13.9. The number of carbonyl (C=O) groups is 2. The van der Waals surface area contributed by atoms with Crippen LogP contribution < -0.4 is 9.80 Å². The van der Waals surface area contributed by atoms with Crippen LogP contribution in [0.1, 0.15) is 31.7 Å². The van der Waals surface area contributed by atoms with E-state index >= 15 is 0 Å². The second-order valence-corrected chi connectivity index (χ2v) is 12.7. The number of fused-ring (bicyclic) bond motifs is 1. The molecule has 5 rings (SSSR count). The van der Waals surface area contributed by atoms with Crippen LogP contribution in [0.3, 0.4) is 0 Å². The minimum Gasteiger partial charge on any atom is -0.368 e. The predicted octanol–water partition coefficient (Wildman–Crippen LogP) is 3.50. The monoisotopic (exact) mass is 588 g/mol. The highest BCUT2D eigenvalue weighted by atomic mass is 79.9. The van der Waals surface area contributed by atoms with Gasteiger partial charge in [-0.05, 0) is 49.1 Å². The molecular formula is C27H33BrN4O4S. The zero-order valence-electron chi connectivity index (χ0n) is 21.1. The summed E-state index contributed by atoms with van der Waals surface area (Å²) in [7, 11) is -3.90. The van der Waals surface area contributed by atoms with Crippen molar-refractivity contribution in [3.8, 4) is 0 Å². The third-order valence-corrected chi connectivity index (χ3v) is 10.00. The third-order valence-electron chi connectivity index (χ3n) is 7.66. The number of anilines is 2. The van der Waals surface area contributed by atoms with Gasteiger partial charge < -0.3 is 14.7 Å². The van der Waals surface area contributed by atoms with Crippen LogP contribution in [-0.4, -0.2) is 75.3 Å². The van der Waals surface area contributed by atoms with Gasteiger partial charge in [0.05, 0.1) is 11.6 Å². The minimum atomic E-state index is -3.90. The number of piperidine rings is 1. The van der Waals surface area contributed by atoms with E-state index in [0.717, 1.165) is 24.3 Å². The van der Waals surface area contributed by atoms with Gasteiger partial charge in [0.15, 0.2) is 0 Å². The molecule has 2 saturated heterocycles. The maximum absolute atomic E-state index is 13.9. The molecule has 1 unspecified atom stereocenters. The first-order chi connectivity index (χ1) is 17.8. The van der Waals surface area contributed by atoms with Crippen LogP contribution >= 0.6 is 15.9 Å². The van der Waals surface area contributed by atoms with E-state index in [-0.39, 0.29) is 29.2 Å². The van der Waals surface area contributed by atoms with Crippen LogP contribution in [0.4, 0.5) is 11.4 Å². The highest BCUT2D eigenvalue weighted by Crippen LogP contribution is 2.40. The molecule has 0 aliphatic carbocycles. The lowest BCUT2D eigenvalue weighted by Crippen LogP contribution is -2.53. The van der Waals surface area contributed by atoms with Gasteiger partial charge in [-0.25, -0.2) is 8.42 Å². The zero-order valence-corrected chi connectivity index (χ0v) is 23.5. The van der Waals surface area contributed by atoms with Crippen molar-refractivity contribution in [2.45, 2.75) is 37.5 Å². The van der Waals surface area contributed by atoms with E-state index in [2.05, 4.69) is 33.0 Å². The average Bonchev–Trinajstić information content (AvgIpc) is 3.36. The average molecular weight is 590 g/mol. The van der Waals surface area contributed by atoms with Crippen molar-refractivity contribution in [3.05, 3.63) is 52.5 Å². The summed E-state index contributed by atoms with van der Waals surface area (Å²) in [6.45, 7) is 5.59. The fourth-order valence-corrected chi connectivity index (χ4v) is 8.13. The summed E-state index contributed by atoms with van der Waals surface area (Å²) in [6, 6.07) is 13.7. The molecule has 2 fully saturated rings. The summed E-state index contributed by atoms with van der Waals surface area (Å²) in [5, 5.41) is 0. The smallest absolute Gasteiger partial charge is 0.245 e. The van der Waals surface area contributed by atoms with E-state index in [1.54, 1.807) is 17.9 Å². The van der Waals surface area contributed by atoms with Crippen molar-refractivity contribution < 1.29 is 18.0 Å². The summed E-state index contributed by atoms with van der Waals surface area (Å²) in [5.41, 5.74) is 2.51. The molecule has 37 heavy (non-hydrogen) atoms. The molecule has 0 N–H and O–H groups in total. The molecule has 0 bridgehead atoms. The summed E-state index contributed by atoms with van der Waals surface area (Å²) in [6.07, 6.45) is 2.25. The van der Waals surface area contributed by atoms with Crippen LogP contribution in [0, 0.1) is 5.92 Å². The summed E-state index contributed by atoms with van der Waals surface area (Å²) >= 11 is 3.46. The Morgan fingerprint density at radius 2 is 1.73 bits per heavy atom. The first-order valence-corrected chi connectivity index (χ1v) is 15.2. The van der Waals surface area contributed by atoms with Crippen molar-refractivity contribution in [1.29, 1.82) is 0 Å². The number of nitrogens with zero attached hydrogens (tertiary/aromatic N) is 4. The molecule has 8 nitrogen and oxygen atoms in total. The quantitative estimate of drug-likeness (QED) is 0.534. The predicted molar refractivity (Wildman–Crippen MR) is 147 cm³/mol. The van der Waals surface area contributed by atoms with E-state index < -0.39 is 10.0 Å². The van der Waals surface area contributed by atoms with Gasteiger partial charge in [-0.1, -0.05) is 41.1 Å². The minimum absolute atomic E-state index is 0.0369. The number of carbonyl (C=O) groups excluding carboxylic acids is 2. The number of benzene rings is 2. The number of sulfonamides is 1. The molecule has 10 heteroatoms. The fraction of sp³-hybridized carbons (Fsp3) is 0.481. The Hall–Kier alpha value is -2.43. The lowest BCUT2D eigenvalue weighted by Gasteiger charge is -2.39. The largest absolute Gasteiger partial charge is 0.368 e. The lowest BCUT2D eigenvalue weighted by molar-refractivity contribution is -0.137. The number of hydrogen-bond donors (Lipinski definition) is 0. The standard InChI is InChI=1S/C27H33BrN4O4S/c1-2-25(33)32-12-10-20-17-22(28)18-24(26(20)32)37(35,36)31-11-6-7-21(19-31)27(34)30-15-13-29(14-16-30)23-8-4-3-5-9-23/h3-5,8-9,17-18,21H,2,6-7,10-16,19H2,1H3. The Morgan fingerprint density at radius 1 is 1.00 bits per heavy atom. The van der Waals surface area contributed by atoms with Gasteiger partial charge in [-0.2, -0.15) is 4.31 Å². The van der Waals surface area contributed by atoms with E-state index in [1.807, 2.05) is 29.2 Å². The second kappa shape index (κ2) is 10.7. The summed E-state index contributed by atoms with van der Waals surface area (Å²) in [5.74, 6) is -0.408. The van der Waals surface area contributed by atoms with E-state index in [1.165, 1.54) is 4.31 Å². The number of halogens is 1. The van der Waals surface area contributed by atoms with Crippen molar-refractivity contribution in [2.24, 2.45) is 5.92 Å². The van der Waals surface area contributed by atoms with Gasteiger partial charge in [-0.3, -0.25) is 9.59 Å². The molecule has 2 amide bonds. The number of para-hydroxylation sites is 1. The summed E-state index contributed by atoms with van der Waals surface area (Å²) < 4.78 is 30.0. The molecule has 0 saturated carbocycles. The number of piperazine rings is 1. The van der Waals surface area contributed by atoms with Gasteiger partial charge in [0.25, 0.3) is 0 Å². The summed E-state index contributed by atoms with van der Waals surface area (Å²) in [4.78, 5) is 32.0. The Kier molecular flexibility index (Phi) is 7.60. The van der Waals surface area contributed by atoms with Crippen LogP contribution in [0.25, 0.3) is 0 Å². The highest BCUT2D eigenvalue weighted by Gasteiger charge is 2.39. The molecule has 1 atom stereocenters. The van der Waals surface area contributed by atoms with Crippen molar-refractivity contribution in [1.82, 2.24) is 9.21 Å². The van der Waals surface area contributed by atoms with Crippen LogP contribution in [-0.2, 0) is 26.0 Å². The molecule has 198 valence electrons. The van der Waals surface area contributed by atoms with Gasteiger partial charge >= 0.3 is 0 Å². The topological polar surface area (TPSA) is 81.2 Å². The normalized spacial score (nSPS) is 20.7. The molecular weight excluding hydrogens is 556 g/mol. The Bertz CT molecular complexity index is 1280. The first kappa shape index (κ1) is 26.2. The SMILES string of the molecule is CCC(=O)N1CCc2cc(Br)cc(S(=O)(=O)N3CCCC(C(=O)N4CCN(c5ccccc5)CC4)C3)c21. The zero-order chi connectivity index (χ0) is 26.2. The van der Waals surface area contributed by atoms with Gasteiger partial charge in [0.2, 0.25) is 21.8 Å². The molecule has 3 aliphatic heterocycles. The van der Waals surface area contributed by atoms with Crippen LogP contribution in [0.2, 0.25) is 0 Å². The van der Waals surface area contributed by atoms with Crippen LogP contribution in [0.5, 0.6) is 0 Å². The molecule has 0 aromatic heterocycles. The Labute approximate surface area is 227 Å². The molecule has 3 aliphatic rings. The number of rotatable bonds is 5. The Morgan fingerprint density at radius 3 is 2.43 bits per heavy atom. The van der Waals surface area contributed by atoms with E-state index in [4.69, 9.17) is 0 Å². The molecule has 2 aromatic carbocycles. The van der Waals surface area contributed by atoms with Gasteiger partial charge in [0, 0.05) is 62.4 Å². The fourth-order valence-electron chi connectivity index (χ4n) is 5.69.